The second-order valence-corrected chi connectivity index (χ2v) is 6.46. The van der Waals surface area contributed by atoms with Gasteiger partial charge in [-0.05, 0) is 50.1 Å². The highest BCUT2D eigenvalue weighted by molar-refractivity contribution is 5.76. The van der Waals surface area contributed by atoms with Gasteiger partial charge in [0, 0.05) is 18.2 Å². The van der Waals surface area contributed by atoms with Gasteiger partial charge in [-0.15, -0.1) is 0 Å². The number of nitrogens with one attached hydrogen (secondary N) is 1. The molecule has 1 atom stereocenters. The molecule has 1 saturated heterocycles. The largest absolute Gasteiger partial charge is 0.311 e. The van der Waals surface area contributed by atoms with E-state index in [2.05, 4.69) is 45.0 Å². The number of likely N-dealkylation sites (tertiary alicyclic amines) is 1. The summed E-state index contributed by atoms with van der Waals surface area (Å²) < 4.78 is 0. The molecule has 3 heterocycles. The molecule has 0 spiro atoms. The van der Waals surface area contributed by atoms with Crippen molar-refractivity contribution in [2.75, 3.05) is 6.54 Å². The summed E-state index contributed by atoms with van der Waals surface area (Å²) in [7, 11) is 0. The Morgan fingerprint density at radius 3 is 3.04 bits per heavy atom. The van der Waals surface area contributed by atoms with Crippen LogP contribution in [0.3, 0.4) is 0 Å². The highest BCUT2D eigenvalue weighted by Gasteiger charge is 2.20. The number of benzene rings is 1. The maximum atomic E-state index is 11.9. The van der Waals surface area contributed by atoms with Gasteiger partial charge in [-0.3, -0.25) is 9.69 Å². The number of hydrogen-bond acceptors (Lipinski definition) is 4. The molecule has 1 N–H and O–H groups in total. The average molecular weight is 320 g/mol. The summed E-state index contributed by atoms with van der Waals surface area (Å²) in [5, 5.41) is 0. The van der Waals surface area contributed by atoms with E-state index in [1.54, 1.807) is 0 Å². The van der Waals surface area contributed by atoms with Crippen LogP contribution in [-0.2, 0) is 6.54 Å². The number of aromatic amines is 1. The lowest BCUT2D eigenvalue weighted by molar-refractivity contribution is 0.260. The quantitative estimate of drug-likeness (QED) is 0.806. The fraction of sp³-hybridized carbons (Fsp3) is 0.316. The summed E-state index contributed by atoms with van der Waals surface area (Å²) in [5.74, 6) is 0. The van der Waals surface area contributed by atoms with Crippen molar-refractivity contribution in [3.05, 3.63) is 58.6 Å². The summed E-state index contributed by atoms with van der Waals surface area (Å²) in [6, 6.07) is 12.8. The summed E-state index contributed by atoms with van der Waals surface area (Å²) in [5.41, 5.74) is 3.91. The maximum Gasteiger partial charge on any atom is 0.277 e. The average Bonchev–Trinajstić information content (AvgIpc) is 3.00. The molecule has 0 aliphatic carbocycles. The first kappa shape index (κ1) is 15.0. The van der Waals surface area contributed by atoms with E-state index >= 15 is 0 Å². The highest BCUT2D eigenvalue weighted by atomic mass is 16.1. The predicted molar refractivity (Wildman–Crippen MR) is 94.7 cm³/mol. The highest BCUT2D eigenvalue weighted by Crippen LogP contribution is 2.23. The van der Waals surface area contributed by atoms with Crippen LogP contribution in [0.25, 0.3) is 22.3 Å². The van der Waals surface area contributed by atoms with Crippen LogP contribution in [0, 0.1) is 0 Å². The Kier molecular flexibility index (Phi) is 3.86. The first-order valence-electron chi connectivity index (χ1n) is 8.38. The number of hydrogen-bond donors (Lipinski definition) is 1. The molecule has 122 valence electrons. The summed E-state index contributed by atoms with van der Waals surface area (Å²) in [6.07, 6.45) is 3.97. The molecule has 0 saturated carbocycles. The van der Waals surface area contributed by atoms with E-state index < -0.39 is 0 Å². The molecule has 1 aromatic carbocycles. The molecule has 3 aromatic rings. The molecular weight excluding hydrogens is 300 g/mol. The molecule has 5 nitrogen and oxygen atoms in total. The van der Waals surface area contributed by atoms with Gasteiger partial charge in [0.2, 0.25) is 0 Å². The molecule has 1 aliphatic heterocycles. The smallest absolute Gasteiger partial charge is 0.277 e. The molecular formula is C19H20N4O. The van der Waals surface area contributed by atoms with Gasteiger partial charge in [0.05, 0.1) is 17.5 Å². The molecule has 0 amide bonds. The third-order valence-electron chi connectivity index (χ3n) is 4.79. The number of pyridine rings is 1. The van der Waals surface area contributed by atoms with Gasteiger partial charge < -0.3 is 4.98 Å². The normalized spacial score (nSPS) is 18.3. The van der Waals surface area contributed by atoms with Gasteiger partial charge in [-0.1, -0.05) is 18.2 Å². The van der Waals surface area contributed by atoms with Gasteiger partial charge in [0.1, 0.15) is 0 Å². The Balaban J connectivity index is 1.68. The predicted octanol–water partition coefficient (Wildman–Crippen LogP) is 2.97. The zero-order valence-corrected chi connectivity index (χ0v) is 13.7. The van der Waals surface area contributed by atoms with E-state index in [-0.39, 0.29) is 5.56 Å². The Bertz CT molecular complexity index is 934. The van der Waals surface area contributed by atoms with E-state index in [0.717, 1.165) is 17.8 Å². The second kappa shape index (κ2) is 6.17. The molecule has 1 fully saturated rings. The summed E-state index contributed by atoms with van der Waals surface area (Å²) in [6.45, 7) is 4.42. The molecule has 2 aromatic heterocycles. The van der Waals surface area contributed by atoms with Crippen molar-refractivity contribution < 1.29 is 0 Å². The molecule has 5 heteroatoms. The van der Waals surface area contributed by atoms with Crippen LogP contribution in [0.1, 0.15) is 25.3 Å². The van der Waals surface area contributed by atoms with Crippen LogP contribution in [0.5, 0.6) is 0 Å². The number of rotatable bonds is 3. The van der Waals surface area contributed by atoms with Crippen molar-refractivity contribution in [3.8, 4) is 11.3 Å². The number of fused-ring (bicyclic) bond motifs is 1. The molecule has 0 bridgehead atoms. The van der Waals surface area contributed by atoms with Crippen LogP contribution in [0.4, 0.5) is 0 Å². The maximum absolute atomic E-state index is 11.9. The second-order valence-electron chi connectivity index (χ2n) is 6.46. The van der Waals surface area contributed by atoms with Gasteiger partial charge >= 0.3 is 0 Å². The lowest BCUT2D eigenvalue weighted by Gasteiger charge is -2.21. The molecule has 0 radical (unpaired) electrons. The van der Waals surface area contributed by atoms with Crippen molar-refractivity contribution in [2.24, 2.45) is 0 Å². The standard InChI is InChI=1S/C19H20N4O/c1-13-4-3-9-23(13)11-14-5-2-6-15(10-14)16-7-8-17-18(22-16)19(24)21-12-20-17/h2,5-8,10,12-13H,3-4,9,11H2,1H3,(H,20,21,24). The van der Waals surface area contributed by atoms with Crippen molar-refractivity contribution in [1.82, 2.24) is 19.9 Å². The minimum atomic E-state index is -0.205. The molecule has 1 unspecified atom stereocenters. The van der Waals surface area contributed by atoms with Crippen molar-refractivity contribution >= 4 is 11.0 Å². The van der Waals surface area contributed by atoms with E-state index in [1.807, 2.05) is 18.2 Å². The van der Waals surface area contributed by atoms with Gasteiger partial charge in [0.25, 0.3) is 5.56 Å². The van der Waals surface area contributed by atoms with Gasteiger partial charge in [0.15, 0.2) is 5.52 Å². The lowest BCUT2D eigenvalue weighted by atomic mass is 10.1. The zero-order chi connectivity index (χ0) is 16.5. The molecule has 1 aliphatic rings. The number of H-pyrrole nitrogens is 1. The van der Waals surface area contributed by atoms with E-state index in [9.17, 15) is 4.79 Å². The summed E-state index contributed by atoms with van der Waals surface area (Å²) >= 11 is 0. The molecule has 4 rings (SSSR count). The SMILES string of the molecule is CC1CCCN1Cc1cccc(-c2ccc3nc[nH]c(=O)c3n2)c1. The Labute approximate surface area is 140 Å². The van der Waals surface area contributed by atoms with Crippen molar-refractivity contribution in [1.29, 1.82) is 0 Å². The lowest BCUT2D eigenvalue weighted by Crippen LogP contribution is -2.26. The third kappa shape index (κ3) is 2.83. The fourth-order valence-corrected chi connectivity index (χ4v) is 3.40. The van der Waals surface area contributed by atoms with Crippen LogP contribution in [-0.4, -0.2) is 32.4 Å². The first-order chi connectivity index (χ1) is 11.7. The van der Waals surface area contributed by atoms with E-state index in [0.29, 0.717) is 17.1 Å². The van der Waals surface area contributed by atoms with Crippen LogP contribution >= 0.6 is 0 Å². The van der Waals surface area contributed by atoms with Gasteiger partial charge in [-0.2, -0.15) is 0 Å². The van der Waals surface area contributed by atoms with Crippen molar-refractivity contribution in [3.63, 3.8) is 0 Å². The minimum Gasteiger partial charge on any atom is -0.311 e. The Morgan fingerprint density at radius 1 is 1.29 bits per heavy atom. The topological polar surface area (TPSA) is 61.9 Å². The third-order valence-corrected chi connectivity index (χ3v) is 4.79. The first-order valence-corrected chi connectivity index (χ1v) is 8.38. The monoisotopic (exact) mass is 320 g/mol. The Hall–Kier alpha value is -2.53. The van der Waals surface area contributed by atoms with Crippen LogP contribution in [0.2, 0.25) is 0 Å². The van der Waals surface area contributed by atoms with Gasteiger partial charge in [-0.25, -0.2) is 9.97 Å². The van der Waals surface area contributed by atoms with Crippen LogP contribution < -0.4 is 5.56 Å². The fourth-order valence-electron chi connectivity index (χ4n) is 3.40. The Morgan fingerprint density at radius 2 is 2.21 bits per heavy atom. The van der Waals surface area contributed by atoms with Crippen molar-refractivity contribution in [2.45, 2.75) is 32.4 Å². The molecule has 24 heavy (non-hydrogen) atoms. The number of nitrogens with zero attached hydrogens (tertiary/aromatic N) is 3. The number of aromatic nitrogens is 3. The zero-order valence-electron chi connectivity index (χ0n) is 13.7. The van der Waals surface area contributed by atoms with E-state index in [1.165, 1.54) is 31.3 Å². The summed E-state index contributed by atoms with van der Waals surface area (Å²) in [4.78, 5) is 25.7. The minimum absolute atomic E-state index is 0.205. The van der Waals surface area contributed by atoms with E-state index in [4.69, 9.17) is 0 Å². The van der Waals surface area contributed by atoms with Crippen LogP contribution in [0.15, 0.2) is 47.5 Å².